The van der Waals surface area contributed by atoms with Crippen molar-refractivity contribution < 1.29 is 19.1 Å². The molecule has 0 spiro atoms. The molecule has 0 aromatic heterocycles. The van der Waals surface area contributed by atoms with Gasteiger partial charge in [0.25, 0.3) is 0 Å². The Hall–Kier alpha value is -3.41. The Morgan fingerprint density at radius 1 is 0.750 bits per heavy atom. The molecule has 0 heterocycles. The molecule has 2 amide bonds. The summed E-state index contributed by atoms with van der Waals surface area (Å²) < 4.78 is 6.43. The molecule has 0 unspecified atom stereocenters. The molecule has 7 heteroatoms. The number of carbonyl (C=O) groups excluding carboxylic acids is 3. The Bertz CT molecular complexity index is 1110. The van der Waals surface area contributed by atoms with Crippen LogP contribution in [0.1, 0.15) is 46.4 Å². The molecular formula is C29H32N2O4Se. The number of amides is 2. The fraction of sp³-hybridized carbons (Fsp3) is 0.276. The third-order valence-corrected chi connectivity index (χ3v) is 7.98. The Labute approximate surface area is 219 Å². The summed E-state index contributed by atoms with van der Waals surface area (Å²) in [4.78, 5) is 38.5. The van der Waals surface area contributed by atoms with Crippen LogP contribution < -0.4 is 15.1 Å². The summed E-state index contributed by atoms with van der Waals surface area (Å²) >= 11 is 0.154. The zero-order valence-corrected chi connectivity index (χ0v) is 22.2. The van der Waals surface area contributed by atoms with Crippen LogP contribution in [0.5, 0.6) is 0 Å². The van der Waals surface area contributed by atoms with Crippen LogP contribution in [0.3, 0.4) is 0 Å². The molecule has 2 N–H and O–H groups in total. The Morgan fingerprint density at radius 2 is 1.31 bits per heavy atom. The molecule has 0 aliphatic rings. The number of hydrogen-bond acceptors (Lipinski definition) is 4. The van der Waals surface area contributed by atoms with Crippen LogP contribution in [0.15, 0.2) is 91.0 Å². The summed E-state index contributed by atoms with van der Waals surface area (Å²) in [5.41, 5.74) is -0.0316. The van der Waals surface area contributed by atoms with E-state index in [1.54, 1.807) is 36.4 Å². The number of benzene rings is 3. The molecule has 3 aromatic rings. The molecule has 0 saturated heterocycles. The van der Waals surface area contributed by atoms with Crippen molar-refractivity contribution in [3.8, 4) is 0 Å². The first-order chi connectivity index (χ1) is 17.5. The number of methoxy groups -OCH3 is 1. The minimum absolute atomic E-state index is 0.127. The maximum absolute atomic E-state index is 13.1. The number of rotatable bonds is 13. The van der Waals surface area contributed by atoms with Gasteiger partial charge in [-0.25, -0.2) is 0 Å². The average molecular weight is 552 g/mol. The Morgan fingerprint density at radius 3 is 1.89 bits per heavy atom. The van der Waals surface area contributed by atoms with Crippen LogP contribution in [0.25, 0.3) is 0 Å². The summed E-state index contributed by atoms with van der Waals surface area (Å²) in [6, 6.07) is 28.1. The summed E-state index contributed by atoms with van der Waals surface area (Å²) in [6.45, 7) is 0.478. The van der Waals surface area contributed by atoms with Gasteiger partial charge in [-0.2, -0.15) is 0 Å². The van der Waals surface area contributed by atoms with Gasteiger partial charge in [0.05, 0.1) is 0 Å². The Balaban J connectivity index is 1.66. The van der Waals surface area contributed by atoms with Crippen LogP contribution >= 0.6 is 0 Å². The monoisotopic (exact) mass is 552 g/mol. The SMILES string of the molecule is COC(=O)[C@@](CCCCNC(=O)c1ccccc1)(CC[Se]c1ccccc1)NC(=O)c1ccccc1. The fourth-order valence-corrected chi connectivity index (χ4v) is 6.06. The summed E-state index contributed by atoms with van der Waals surface area (Å²) in [7, 11) is 1.36. The number of ether oxygens (including phenoxy) is 1. The third-order valence-electron chi connectivity index (χ3n) is 5.86. The van der Waals surface area contributed by atoms with Gasteiger partial charge in [0.15, 0.2) is 0 Å². The molecular weight excluding hydrogens is 519 g/mol. The standard InChI is InChI=1S/C29H32N2O4Se/c1-35-28(34)29(20-22-36-25-17-9-4-10-18-25,31-27(33)24-15-7-3-8-16-24)19-11-12-21-30-26(32)23-13-5-2-6-14-23/h2-10,13-18H,11-12,19-22H2,1H3,(H,30,32)(H,31,33)/t29-/m1/s1. The van der Waals surface area contributed by atoms with Gasteiger partial charge in [0.1, 0.15) is 0 Å². The number of nitrogens with one attached hydrogen (secondary N) is 2. The van der Waals surface area contributed by atoms with E-state index in [9.17, 15) is 14.4 Å². The van der Waals surface area contributed by atoms with Gasteiger partial charge >= 0.3 is 213 Å². The van der Waals surface area contributed by atoms with E-state index in [0.717, 1.165) is 5.32 Å². The molecule has 6 nitrogen and oxygen atoms in total. The average Bonchev–Trinajstić information content (AvgIpc) is 2.93. The number of esters is 1. The normalized spacial score (nSPS) is 12.2. The third kappa shape index (κ3) is 8.08. The van der Waals surface area contributed by atoms with Gasteiger partial charge < -0.3 is 0 Å². The van der Waals surface area contributed by atoms with E-state index in [1.165, 1.54) is 11.6 Å². The quantitative estimate of drug-likeness (QED) is 0.193. The molecule has 1 atom stereocenters. The molecule has 0 fully saturated rings. The second-order valence-electron chi connectivity index (χ2n) is 8.38. The Kier molecular flexibility index (Phi) is 10.7. The number of unbranched alkanes of at least 4 members (excludes halogenated alkanes) is 1. The van der Waals surface area contributed by atoms with Gasteiger partial charge in [-0.3, -0.25) is 0 Å². The first-order valence-corrected chi connectivity index (χ1v) is 14.1. The molecule has 0 bridgehead atoms. The van der Waals surface area contributed by atoms with E-state index in [-0.39, 0.29) is 26.8 Å². The second kappa shape index (κ2) is 14.2. The predicted octanol–water partition coefficient (Wildman–Crippen LogP) is 3.77. The topological polar surface area (TPSA) is 84.5 Å². The number of carbonyl (C=O) groups is 3. The van der Waals surface area contributed by atoms with Crippen molar-refractivity contribution in [1.82, 2.24) is 10.6 Å². The molecule has 36 heavy (non-hydrogen) atoms. The second-order valence-corrected chi connectivity index (χ2v) is 10.8. The molecule has 0 radical (unpaired) electrons. The van der Waals surface area contributed by atoms with Gasteiger partial charge in [-0.15, -0.1) is 0 Å². The molecule has 3 rings (SSSR count). The first-order valence-electron chi connectivity index (χ1n) is 12.0. The van der Waals surface area contributed by atoms with Crippen molar-refractivity contribution in [2.45, 2.75) is 36.5 Å². The van der Waals surface area contributed by atoms with Crippen LogP contribution in [-0.2, 0) is 9.53 Å². The zero-order valence-electron chi connectivity index (χ0n) is 20.4. The van der Waals surface area contributed by atoms with E-state index >= 15 is 0 Å². The van der Waals surface area contributed by atoms with Crippen LogP contribution in [0.4, 0.5) is 0 Å². The first kappa shape index (κ1) is 27.2. The van der Waals surface area contributed by atoms with E-state index < -0.39 is 11.5 Å². The molecule has 3 aromatic carbocycles. The summed E-state index contributed by atoms with van der Waals surface area (Å²) in [6.07, 6.45) is 2.20. The maximum atomic E-state index is 13.1. The minimum atomic E-state index is -1.14. The zero-order chi connectivity index (χ0) is 25.6. The molecule has 0 saturated carbocycles. The number of hydrogen-bond donors (Lipinski definition) is 2. The van der Waals surface area contributed by atoms with Crippen molar-refractivity contribution in [3.05, 3.63) is 102 Å². The van der Waals surface area contributed by atoms with Gasteiger partial charge in [0.2, 0.25) is 0 Å². The molecule has 0 aliphatic heterocycles. The van der Waals surface area contributed by atoms with E-state index in [4.69, 9.17) is 4.74 Å². The van der Waals surface area contributed by atoms with Gasteiger partial charge in [-0.1, -0.05) is 6.07 Å². The van der Waals surface area contributed by atoms with Crippen molar-refractivity contribution >= 4 is 37.2 Å². The fourth-order valence-electron chi connectivity index (χ4n) is 3.88. The van der Waals surface area contributed by atoms with Crippen molar-refractivity contribution in [2.24, 2.45) is 0 Å². The van der Waals surface area contributed by atoms with E-state index in [2.05, 4.69) is 22.8 Å². The summed E-state index contributed by atoms with van der Waals surface area (Å²) in [5.74, 6) is -0.868. The van der Waals surface area contributed by atoms with Crippen molar-refractivity contribution in [3.63, 3.8) is 0 Å². The van der Waals surface area contributed by atoms with E-state index in [1.807, 2.05) is 42.5 Å². The van der Waals surface area contributed by atoms with Crippen molar-refractivity contribution in [2.75, 3.05) is 13.7 Å². The molecule has 188 valence electrons. The van der Waals surface area contributed by atoms with Crippen LogP contribution in [0, 0.1) is 0 Å². The van der Waals surface area contributed by atoms with Gasteiger partial charge in [0, 0.05) is 0 Å². The predicted molar refractivity (Wildman–Crippen MR) is 143 cm³/mol. The van der Waals surface area contributed by atoms with Crippen LogP contribution in [-0.4, -0.2) is 51.9 Å². The van der Waals surface area contributed by atoms with Crippen LogP contribution in [0.2, 0.25) is 5.32 Å². The van der Waals surface area contributed by atoms with E-state index in [0.29, 0.717) is 43.4 Å². The molecule has 0 aliphatic carbocycles. The summed E-state index contributed by atoms with van der Waals surface area (Å²) in [5, 5.41) is 6.71. The van der Waals surface area contributed by atoms with Gasteiger partial charge in [-0.05, 0) is 0 Å². The van der Waals surface area contributed by atoms with Crippen molar-refractivity contribution in [1.29, 1.82) is 0 Å².